The van der Waals surface area contributed by atoms with Gasteiger partial charge in [0.2, 0.25) is 29.9 Å². The second-order valence-electron chi connectivity index (χ2n) is 19.3. The number of nitrogens with zero attached hydrogens (tertiary/aromatic N) is 4. The number of aliphatic hydroxyl groups excluding tert-OH is 1. The first-order valence-electron chi connectivity index (χ1n) is 22.1. The standard InChI is InChI=1S/C49H60ClN7O9/c1-29(30-11-13-31(14-12-30)41-52-28-65-56-41)53-43(61)38-23-34(58)26-57(38)44(62)40(47(2,3)4)54-39(59)27-63-21-9-10-22-64-35-18-15-32(16-19-35)42(60)55-45-48(5,6)46(49(45,7)8)66-36-20-17-33(25-51)37(50)24-36/h11-20,24,28-29,34,38,40,45-46,58H,9-10,21-23,26-27H2,1-8H3,(H,53,61)(H,54,59)(H,55,60)/t29-,34+,38-,40+,45-,46-/m0/s1. The number of aromatic nitrogens is 2. The van der Waals surface area contributed by atoms with E-state index in [-0.39, 0.29) is 44.2 Å². The Hall–Kier alpha value is -6.02. The van der Waals surface area contributed by atoms with Crippen LogP contribution in [0.5, 0.6) is 11.5 Å². The number of benzene rings is 3. The van der Waals surface area contributed by atoms with Crippen molar-refractivity contribution in [2.45, 2.75) is 111 Å². The third-order valence-electron chi connectivity index (χ3n) is 12.4. The Balaban J connectivity index is 0.903. The monoisotopic (exact) mass is 925 g/mol. The number of hydrogen-bond acceptors (Lipinski definition) is 12. The number of carbonyl (C=O) groups is 4. The zero-order valence-corrected chi connectivity index (χ0v) is 39.5. The van der Waals surface area contributed by atoms with Crippen molar-refractivity contribution >= 4 is 35.2 Å². The molecule has 2 heterocycles. The number of amides is 4. The average Bonchev–Trinajstić information content (AvgIpc) is 3.96. The Kier molecular flexibility index (Phi) is 15.5. The molecular weight excluding hydrogens is 866 g/mol. The van der Waals surface area contributed by atoms with Gasteiger partial charge in [-0.25, -0.2) is 0 Å². The van der Waals surface area contributed by atoms with E-state index >= 15 is 0 Å². The van der Waals surface area contributed by atoms with Crippen LogP contribution in [-0.4, -0.2) is 100 Å². The minimum Gasteiger partial charge on any atom is -0.494 e. The Morgan fingerprint density at radius 1 is 0.970 bits per heavy atom. The highest BCUT2D eigenvalue weighted by Crippen LogP contribution is 2.55. The Bertz CT molecular complexity index is 2360. The quantitative estimate of drug-likeness (QED) is 0.0796. The van der Waals surface area contributed by atoms with Gasteiger partial charge in [-0.15, -0.1) is 0 Å². The van der Waals surface area contributed by atoms with E-state index in [0.29, 0.717) is 52.9 Å². The normalized spacial score (nSPS) is 20.5. The van der Waals surface area contributed by atoms with Crippen LogP contribution in [0, 0.1) is 27.6 Å². The van der Waals surface area contributed by atoms with Crippen molar-refractivity contribution in [3.63, 3.8) is 0 Å². The molecule has 352 valence electrons. The smallest absolute Gasteiger partial charge is 0.251 e. The second kappa shape index (κ2) is 20.7. The van der Waals surface area contributed by atoms with E-state index in [9.17, 15) is 29.5 Å². The van der Waals surface area contributed by atoms with Gasteiger partial charge in [0.25, 0.3) is 5.91 Å². The number of nitriles is 1. The van der Waals surface area contributed by atoms with Gasteiger partial charge in [0.05, 0.1) is 29.3 Å². The van der Waals surface area contributed by atoms with E-state index in [1.165, 1.54) is 11.3 Å². The van der Waals surface area contributed by atoms with Crippen molar-refractivity contribution in [1.82, 2.24) is 31.0 Å². The number of hydrogen-bond donors (Lipinski definition) is 4. The van der Waals surface area contributed by atoms with Gasteiger partial charge in [-0.2, -0.15) is 10.2 Å². The summed E-state index contributed by atoms with van der Waals surface area (Å²) < 4.78 is 22.7. The first kappa shape index (κ1) is 49.4. The van der Waals surface area contributed by atoms with Gasteiger partial charge in [0.15, 0.2) is 0 Å². The lowest BCUT2D eigenvalue weighted by Crippen LogP contribution is -2.74. The maximum absolute atomic E-state index is 14.0. The zero-order valence-electron chi connectivity index (χ0n) is 38.7. The highest BCUT2D eigenvalue weighted by molar-refractivity contribution is 6.31. The molecule has 2 aliphatic rings. The van der Waals surface area contributed by atoms with E-state index in [2.05, 4.69) is 32.2 Å². The molecule has 0 unspecified atom stereocenters. The Morgan fingerprint density at radius 2 is 1.64 bits per heavy atom. The maximum atomic E-state index is 14.0. The topological polar surface area (TPSA) is 218 Å². The van der Waals surface area contributed by atoms with Crippen molar-refractivity contribution in [2.75, 3.05) is 26.4 Å². The fraction of sp³-hybridized carbons (Fsp3) is 0.490. The molecule has 4 N–H and O–H groups in total. The van der Waals surface area contributed by atoms with Crippen molar-refractivity contribution in [3.8, 4) is 29.0 Å². The second-order valence-corrected chi connectivity index (χ2v) is 19.7. The van der Waals surface area contributed by atoms with Gasteiger partial charge in [-0.05, 0) is 67.1 Å². The van der Waals surface area contributed by atoms with E-state index in [0.717, 1.165) is 11.1 Å². The number of carbonyl (C=O) groups excluding carboxylic acids is 4. The highest BCUT2D eigenvalue weighted by atomic mass is 35.5. The van der Waals surface area contributed by atoms with Gasteiger partial charge < -0.3 is 44.7 Å². The summed E-state index contributed by atoms with van der Waals surface area (Å²) in [6.45, 7) is 15.9. The third kappa shape index (κ3) is 11.5. The van der Waals surface area contributed by atoms with Gasteiger partial charge in [0, 0.05) is 53.6 Å². The third-order valence-corrected chi connectivity index (χ3v) is 12.7. The zero-order chi connectivity index (χ0) is 48.0. The van der Waals surface area contributed by atoms with Crippen LogP contribution in [0.1, 0.15) is 102 Å². The van der Waals surface area contributed by atoms with E-state index in [1.54, 1.807) is 42.5 Å². The summed E-state index contributed by atoms with van der Waals surface area (Å²) in [5.41, 5.74) is 0.928. The van der Waals surface area contributed by atoms with Crippen LogP contribution in [0.25, 0.3) is 11.4 Å². The van der Waals surface area contributed by atoms with E-state index in [1.807, 2.05) is 79.7 Å². The first-order chi connectivity index (χ1) is 31.2. The maximum Gasteiger partial charge on any atom is 0.251 e. The van der Waals surface area contributed by atoms with Crippen molar-refractivity contribution in [3.05, 3.63) is 94.8 Å². The minimum atomic E-state index is -0.986. The SMILES string of the molecule is C[C@H](NC(=O)[C@@H]1C[C@@H](O)CN1C(=O)[C@@H](NC(=O)COCCCCOc1ccc(C(=O)N[C@H]2C(C)(C)[C@H](Oc3ccc(C#N)c(Cl)c3)C2(C)C)cc1)C(C)(C)C)c1ccc(-c2ncon2)cc1. The number of nitrogens with one attached hydrogen (secondary N) is 3. The predicted molar refractivity (Wildman–Crippen MR) is 245 cm³/mol. The van der Waals surface area contributed by atoms with Gasteiger partial charge in [-0.1, -0.05) is 89.5 Å². The summed E-state index contributed by atoms with van der Waals surface area (Å²) in [5.74, 6) is 0.0592. The molecule has 3 aromatic carbocycles. The molecule has 1 saturated carbocycles. The molecule has 4 atom stereocenters. The molecule has 1 aliphatic carbocycles. The van der Waals surface area contributed by atoms with Crippen LogP contribution in [0.2, 0.25) is 5.02 Å². The number of rotatable bonds is 18. The van der Waals surface area contributed by atoms with Crippen LogP contribution in [-0.2, 0) is 19.1 Å². The summed E-state index contributed by atoms with van der Waals surface area (Å²) in [6.07, 6.45) is 1.44. The summed E-state index contributed by atoms with van der Waals surface area (Å²) >= 11 is 6.23. The number of ether oxygens (including phenoxy) is 3. The lowest BCUT2D eigenvalue weighted by Gasteiger charge is -2.63. The lowest BCUT2D eigenvalue weighted by molar-refractivity contribution is -0.164. The Morgan fingerprint density at radius 3 is 2.26 bits per heavy atom. The van der Waals surface area contributed by atoms with Crippen molar-refractivity contribution < 1.29 is 43.0 Å². The van der Waals surface area contributed by atoms with Gasteiger partial charge in [-0.3, -0.25) is 19.2 Å². The first-order valence-corrected chi connectivity index (χ1v) is 22.5. The fourth-order valence-electron chi connectivity index (χ4n) is 9.11. The molecule has 4 amide bonds. The molecule has 1 aliphatic heterocycles. The molecule has 16 nitrogen and oxygen atoms in total. The van der Waals surface area contributed by atoms with E-state index in [4.69, 9.17) is 30.3 Å². The molecular formula is C49H60ClN7O9. The van der Waals surface area contributed by atoms with Crippen molar-refractivity contribution in [2.24, 2.45) is 16.2 Å². The summed E-state index contributed by atoms with van der Waals surface area (Å²) in [7, 11) is 0. The molecule has 1 saturated heterocycles. The lowest BCUT2D eigenvalue weighted by atomic mass is 9.49. The number of aliphatic hydroxyl groups is 1. The summed E-state index contributed by atoms with van der Waals surface area (Å²) in [4.78, 5) is 59.4. The number of unbranched alkanes of at least 4 members (excludes halogenated alkanes) is 1. The fourth-order valence-corrected chi connectivity index (χ4v) is 9.32. The summed E-state index contributed by atoms with van der Waals surface area (Å²) in [6, 6.07) is 18.8. The number of halogens is 1. The molecule has 4 aromatic rings. The van der Waals surface area contributed by atoms with Crippen LogP contribution >= 0.6 is 11.6 Å². The highest BCUT2D eigenvalue weighted by Gasteiger charge is 2.64. The number of β-amino-alcohol motifs (C(OH)–C–C–N with tert-alkyl or cyclic N) is 1. The molecule has 1 aromatic heterocycles. The molecule has 66 heavy (non-hydrogen) atoms. The van der Waals surface area contributed by atoms with Crippen LogP contribution in [0.3, 0.4) is 0 Å². The van der Waals surface area contributed by atoms with Gasteiger partial charge in [0.1, 0.15) is 42.4 Å². The summed E-state index contributed by atoms with van der Waals surface area (Å²) in [5, 5.41) is 32.9. The molecule has 0 radical (unpaired) electrons. The van der Waals surface area contributed by atoms with E-state index < -0.39 is 58.2 Å². The molecule has 0 bridgehead atoms. The Labute approximate surface area is 390 Å². The molecule has 2 fully saturated rings. The average molecular weight is 927 g/mol. The van der Waals surface area contributed by atoms with Gasteiger partial charge >= 0.3 is 0 Å². The molecule has 0 spiro atoms. The van der Waals surface area contributed by atoms with Crippen LogP contribution in [0.4, 0.5) is 0 Å². The number of likely N-dealkylation sites (tertiary alicyclic amines) is 1. The molecule has 6 rings (SSSR count). The molecule has 17 heteroatoms. The van der Waals surface area contributed by atoms with Crippen LogP contribution in [0.15, 0.2) is 77.6 Å². The predicted octanol–water partition coefficient (Wildman–Crippen LogP) is 6.42. The van der Waals surface area contributed by atoms with Crippen molar-refractivity contribution in [1.29, 1.82) is 5.26 Å². The minimum absolute atomic E-state index is 0.0420. The largest absolute Gasteiger partial charge is 0.494 e. The van der Waals surface area contributed by atoms with Crippen LogP contribution < -0.4 is 25.4 Å².